The highest BCUT2D eigenvalue weighted by molar-refractivity contribution is 6.01. The van der Waals surface area contributed by atoms with Crippen molar-refractivity contribution in [3.05, 3.63) is 60.2 Å². The normalized spacial score (nSPS) is 9.81. The second-order valence-corrected chi connectivity index (χ2v) is 4.39. The van der Waals surface area contributed by atoms with E-state index in [0.29, 0.717) is 11.3 Å². The second-order valence-electron chi connectivity index (χ2n) is 4.39. The van der Waals surface area contributed by atoms with Crippen LogP contribution in [0.4, 0.5) is 16.2 Å². The summed E-state index contributed by atoms with van der Waals surface area (Å²) in [5.74, 6) is -0.408. The molecule has 0 unspecified atom stereocenters. The van der Waals surface area contributed by atoms with Crippen molar-refractivity contribution < 1.29 is 14.3 Å². The number of ether oxygens (including phenoxy) is 1. The maximum absolute atomic E-state index is 12.1. The van der Waals surface area contributed by atoms with E-state index in [0.717, 1.165) is 5.69 Å². The summed E-state index contributed by atoms with van der Waals surface area (Å²) >= 11 is 0. The predicted molar refractivity (Wildman–Crippen MR) is 81.6 cm³/mol. The molecule has 0 aliphatic rings. The highest BCUT2D eigenvalue weighted by Gasteiger charge is 2.11. The maximum atomic E-state index is 12.1. The molecule has 0 atom stereocenters. The number of benzene rings is 2. The number of nitrogens with zero attached hydrogens (tertiary/aromatic N) is 1. The summed E-state index contributed by atoms with van der Waals surface area (Å²) in [6.07, 6.45) is 0. The highest BCUT2D eigenvalue weighted by atomic mass is 16.5. The molecule has 0 aromatic heterocycles. The summed E-state index contributed by atoms with van der Waals surface area (Å²) in [4.78, 5) is 24.9. The van der Waals surface area contributed by atoms with E-state index >= 15 is 0 Å². The SMILES string of the molecule is COC(=O)c1ccc(NC(=O)N(C)c2ccccc2)cc1. The monoisotopic (exact) mass is 284 g/mol. The van der Waals surface area contributed by atoms with Crippen LogP contribution in [-0.2, 0) is 4.74 Å². The molecule has 0 saturated heterocycles. The average Bonchev–Trinajstić information content (AvgIpc) is 2.55. The van der Waals surface area contributed by atoms with Gasteiger partial charge in [0.05, 0.1) is 12.7 Å². The molecular formula is C16H16N2O3. The molecule has 0 saturated carbocycles. The molecule has 1 N–H and O–H groups in total. The van der Waals surface area contributed by atoms with Gasteiger partial charge in [-0.1, -0.05) is 18.2 Å². The van der Waals surface area contributed by atoms with Crippen molar-refractivity contribution in [2.45, 2.75) is 0 Å². The van der Waals surface area contributed by atoms with E-state index in [4.69, 9.17) is 0 Å². The number of para-hydroxylation sites is 1. The van der Waals surface area contributed by atoms with E-state index in [1.165, 1.54) is 12.0 Å². The summed E-state index contributed by atoms with van der Waals surface area (Å²) in [6, 6.07) is 15.6. The third-order valence-corrected chi connectivity index (χ3v) is 3.01. The van der Waals surface area contributed by atoms with Gasteiger partial charge in [0.15, 0.2) is 0 Å². The molecule has 5 nitrogen and oxygen atoms in total. The lowest BCUT2D eigenvalue weighted by Gasteiger charge is -2.18. The number of carbonyl (C=O) groups is 2. The number of hydrogen-bond donors (Lipinski definition) is 1. The van der Waals surface area contributed by atoms with Crippen molar-refractivity contribution in [2.24, 2.45) is 0 Å². The zero-order chi connectivity index (χ0) is 15.2. The first-order chi connectivity index (χ1) is 10.1. The van der Waals surface area contributed by atoms with Gasteiger partial charge >= 0.3 is 12.0 Å². The van der Waals surface area contributed by atoms with Crippen LogP contribution in [0.25, 0.3) is 0 Å². The van der Waals surface area contributed by atoms with Crippen LogP contribution < -0.4 is 10.2 Å². The summed E-state index contributed by atoms with van der Waals surface area (Å²) in [6.45, 7) is 0. The molecule has 0 heterocycles. The first kappa shape index (κ1) is 14.6. The Bertz CT molecular complexity index is 624. The maximum Gasteiger partial charge on any atom is 0.337 e. The van der Waals surface area contributed by atoms with Crippen molar-refractivity contribution in [3.8, 4) is 0 Å². The topological polar surface area (TPSA) is 58.6 Å². The largest absolute Gasteiger partial charge is 0.465 e. The Labute approximate surface area is 123 Å². The molecule has 0 bridgehead atoms. The van der Waals surface area contributed by atoms with Gasteiger partial charge in [-0.3, -0.25) is 4.90 Å². The fourth-order valence-corrected chi connectivity index (χ4v) is 1.78. The summed E-state index contributed by atoms with van der Waals surface area (Å²) in [5, 5.41) is 2.76. The Kier molecular flexibility index (Phi) is 4.56. The number of rotatable bonds is 3. The lowest BCUT2D eigenvalue weighted by Crippen LogP contribution is -2.31. The first-order valence-electron chi connectivity index (χ1n) is 6.40. The number of carbonyl (C=O) groups excluding carboxylic acids is 2. The Morgan fingerprint density at radius 3 is 2.19 bits per heavy atom. The molecule has 0 aliphatic heterocycles. The molecule has 0 fully saturated rings. The lowest BCUT2D eigenvalue weighted by atomic mass is 10.2. The highest BCUT2D eigenvalue weighted by Crippen LogP contribution is 2.15. The first-order valence-corrected chi connectivity index (χ1v) is 6.40. The summed E-state index contributed by atoms with van der Waals surface area (Å²) in [5.41, 5.74) is 1.84. The van der Waals surface area contributed by atoms with E-state index < -0.39 is 5.97 Å². The van der Waals surface area contributed by atoms with Gasteiger partial charge in [0.2, 0.25) is 0 Å². The summed E-state index contributed by atoms with van der Waals surface area (Å²) in [7, 11) is 3.01. The number of esters is 1. The van der Waals surface area contributed by atoms with Crippen LogP contribution in [0.3, 0.4) is 0 Å². The minimum Gasteiger partial charge on any atom is -0.465 e. The van der Waals surface area contributed by atoms with Gasteiger partial charge in [0.25, 0.3) is 0 Å². The molecule has 5 heteroatoms. The zero-order valence-corrected chi connectivity index (χ0v) is 11.9. The Balaban J connectivity index is 2.04. The van der Waals surface area contributed by atoms with E-state index in [9.17, 15) is 9.59 Å². The molecule has 0 spiro atoms. The Morgan fingerprint density at radius 1 is 1.00 bits per heavy atom. The molecule has 0 aliphatic carbocycles. The van der Waals surface area contributed by atoms with E-state index in [1.807, 2.05) is 30.3 Å². The smallest absolute Gasteiger partial charge is 0.337 e. The van der Waals surface area contributed by atoms with Crippen LogP contribution in [-0.4, -0.2) is 26.2 Å². The number of hydrogen-bond acceptors (Lipinski definition) is 3. The van der Waals surface area contributed by atoms with E-state index in [-0.39, 0.29) is 6.03 Å². The fraction of sp³-hybridized carbons (Fsp3) is 0.125. The van der Waals surface area contributed by atoms with Gasteiger partial charge in [0, 0.05) is 18.4 Å². The van der Waals surface area contributed by atoms with Crippen molar-refractivity contribution in [1.82, 2.24) is 0 Å². The van der Waals surface area contributed by atoms with E-state index in [2.05, 4.69) is 10.1 Å². The average molecular weight is 284 g/mol. The molecule has 2 aromatic carbocycles. The molecular weight excluding hydrogens is 268 g/mol. The van der Waals surface area contributed by atoms with E-state index in [1.54, 1.807) is 31.3 Å². The van der Waals surface area contributed by atoms with Crippen LogP contribution in [0.1, 0.15) is 10.4 Å². The van der Waals surface area contributed by atoms with Crippen molar-refractivity contribution in [2.75, 3.05) is 24.4 Å². The van der Waals surface area contributed by atoms with Crippen LogP contribution in [0.15, 0.2) is 54.6 Å². The van der Waals surface area contributed by atoms with Crippen molar-refractivity contribution in [1.29, 1.82) is 0 Å². The molecule has 2 amide bonds. The van der Waals surface area contributed by atoms with Crippen molar-refractivity contribution in [3.63, 3.8) is 0 Å². The standard InChI is InChI=1S/C16H16N2O3/c1-18(14-6-4-3-5-7-14)16(20)17-13-10-8-12(9-11-13)15(19)21-2/h3-11H,1-2H3,(H,17,20). The van der Waals surface area contributed by atoms with Crippen LogP contribution in [0, 0.1) is 0 Å². The number of anilines is 2. The quantitative estimate of drug-likeness (QED) is 0.881. The minimum absolute atomic E-state index is 0.257. The van der Waals surface area contributed by atoms with Crippen LogP contribution in [0.2, 0.25) is 0 Å². The number of methoxy groups -OCH3 is 1. The van der Waals surface area contributed by atoms with Gasteiger partial charge in [0.1, 0.15) is 0 Å². The van der Waals surface area contributed by atoms with Gasteiger partial charge < -0.3 is 10.1 Å². The van der Waals surface area contributed by atoms with Crippen LogP contribution >= 0.6 is 0 Å². The lowest BCUT2D eigenvalue weighted by molar-refractivity contribution is 0.0601. The molecule has 108 valence electrons. The molecule has 21 heavy (non-hydrogen) atoms. The fourth-order valence-electron chi connectivity index (χ4n) is 1.78. The van der Waals surface area contributed by atoms with Gasteiger partial charge in [-0.2, -0.15) is 0 Å². The third-order valence-electron chi connectivity index (χ3n) is 3.01. The molecule has 2 aromatic rings. The third kappa shape index (κ3) is 3.60. The zero-order valence-electron chi connectivity index (χ0n) is 11.9. The van der Waals surface area contributed by atoms with Gasteiger partial charge in [-0.15, -0.1) is 0 Å². The number of urea groups is 1. The second kappa shape index (κ2) is 6.56. The minimum atomic E-state index is -0.408. The van der Waals surface area contributed by atoms with Gasteiger partial charge in [-0.05, 0) is 36.4 Å². The number of amides is 2. The summed E-state index contributed by atoms with van der Waals surface area (Å²) < 4.78 is 4.62. The van der Waals surface area contributed by atoms with Crippen LogP contribution in [0.5, 0.6) is 0 Å². The number of nitrogens with one attached hydrogen (secondary N) is 1. The Hall–Kier alpha value is -2.82. The van der Waals surface area contributed by atoms with Crippen molar-refractivity contribution >= 4 is 23.4 Å². The van der Waals surface area contributed by atoms with Gasteiger partial charge in [-0.25, -0.2) is 9.59 Å². The predicted octanol–water partition coefficient (Wildman–Crippen LogP) is 3.14. The Morgan fingerprint density at radius 2 is 1.62 bits per heavy atom. The molecule has 0 radical (unpaired) electrons. The molecule has 2 rings (SSSR count).